The number of aromatic nitrogens is 2. The molecule has 0 saturated carbocycles. The monoisotopic (exact) mass is 533 g/mol. The molecule has 0 aliphatic heterocycles. The van der Waals surface area contributed by atoms with Gasteiger partial charge in [-0.15, -0.1) is 0 Å². The average Bonchev–Trinajstić information content (AvgIpc) is 3.07. The molecular formula is C39H23N3. The van der Waals surface area contributed by atoms with Crippen molar-refractivity contribution in [2.75, 3.05) is 0 Å². The Balaban J connectivity index is 1.19. The highest BCUT2D eigenvalue weighted by molar-refractivity contribution is 6.03. The van der Waals surface area contributed by atoms with E-state index in [1.807, 2.05) is 36.5 Å². The van der Waals surface area contributed by atoms with Crippen LogP contribution < -0.4 is 0 Å². The molecule has 0 radical (unpaired) electrons. The standard InChI is InChI=1S/C39H23N3/c40-24-25-3-5-26(6-4-25)31-13-7-27-8-14-32(21-35(27)20-31)33-15-9-28-10-16-34(23-36(28)22-33)37-18-17-30-12-11-29-2-1-19-41-38(29)39(30)42-37/h1-23H. The van der Waals surface area contributed by atoms with Crippen LogP contribution in [0.5, 0.6) is 0 Å². The number of nitriles is 1. The molecule has 0 amide bonds. The van der Waals surface area contributed by atoms with Crippen molar-refractivity contribution in [1.29, 1.82) is 5.26 Å². The van der Waals surface area contributed by atoms with Gasteiger partial charge in [-0.05, 0) is 92.3 Å². The Bertz CT molecular complexity index is 2360. The minimum absolute atomic E-state index is 0.670. The second kappa shape index (κ2) is 9.66. The van der Waals surface area contributed by atoms with Crippen LogP contribution in [-0.2, 0) is 0 Å². The maximum absolute atomic E-state index is 9.14. The fourth-order valence-corrected chi connectivity index (χ4v) is 5.81. The number of hydrogen-bond acceptors (Lipinski definition) is 3. The summed E-state index contributed by atoms with van der Waals surface area (Å²) in [6.45, 7) is 0. The summed E-state index contributed by atoms with van der Waals surface area (Å²) in [7, 11) is 0. The number of pyridine rings is 2. The molecule has 0 bridgehead atoms. The maximum atomic E-state index is 9.14. The van der Waals surface area contributed by atoms with Crippen molar-refractivity contribution >= 4 is 43.4 Å². The quantitative estimate of drug-likeness (QED) is 0.212. The van der Waals surface area contributed by atoms with Gasteiger partial charge in [0.05, 0.1) is 28.4 Å². The summed E-state index contributed by atoms with van der Waals surface area (Å²) in [6, 6.07) is 48.8. The summed E-state index contributed by atoms with van der Waals surface area (Å²) < 4.78 is 0. The molecule has 6 aromatic carbocycles. The maximum Gasteiger partial charge on any atom is 0.0991 e. The Morgan fingerprint density at radius 3 is 1.57 bits per heavy atom. The Morgan fingerprint density at radius 2 is 0.929 bits per heavy atom. The Labute approximate surface area is 243 Å². The van der Waals surface area contributed by atoms with E-state index in [0.717, 1.165) is 44.2 Å². The number of benzene rings is 6. The number of nitrogens with zero attached hydrogens (tertiary/aromatic N) is 3. The Hall–Kier alpha value is -5.85. The lowest BCUT2D eigenvalue weighted by Gasteiger charge is -2.10. The fourth-order valence-electron chi connectivity index (χ4n) is 5.81. The van der Waals surface area contributed by atoms with E-state index in [9.17, 15) is 0 Å². The summed E-state index contributed by atoms with van der Waals surface area (Å²) in [5.74, 6) is 0. The number of rotatable bonds is 3. The van der Waals surface area contributed by atoms with E-state index in [1.165, 1.54) is 32.7 Å². The third-order valence-corrected chi connectivity index (χ3v) is 8.09. The van der Waals surface area contributed by atoms with Crippen LogP contribution in [-0.4, -0.2) is 9.97 Å². The molecule has 0 saturated heterocycles. The molecular weight excluding hydrogens is 510 g/mol. The molecule has 8 rings (SSSR count). The molecule has 3 heteroatoms. The van der Waals surface area contributed by atoms with Gasteiger partial charge in [-0.3, -0.25) is 4.98 Å². The van der Waals surface area contributed by atoms with Gasteiger partial charge in [0.1, 0.15) is 0 Å². The highest BCUT2D eigenvalue weighted by Crippen LogP contribution is 2.32. The highest BCUT2D eigenvalue weighted by Gasteiger charge is 2.09. The zero-order chi connectivity index (χ0) is 28.0. The lowest BCUT2D eigenvalue weighted by Crippen LogP contribution is -1.89. The second-order valence-corrected chi connectivity index (χ2v) is 10.7. The van der Waals surface area contributed by atoms with E-state index in [0.29, 0.717) is 5.56 Å². The zero-order valence-electron chi connectivity index (χ0n) is 22.6. The normalized spacial score (nSPS) is 11.3. The van der Waals surface area contributed by atoms with Crippen molar-refractivity contribution in [1.82, 2.24) is 9.97 Å². The Morgan fingerprint density at radius 1 is 0.429 bits per heavy atom. The van der Waals surface area contributed by atoms with Crippen molar-refractivity contribution < 1.29 is 0 Å². The van der Waals surface area contributed by atoms with E-state index in [-0.39, 0.29) is 0 Å². The van der Waals surface area contributed by atoms with Crippen LogP contribution in [0.1, 0.15) is 5.56 Å². The van der Waals surface area contributed by atoms with E-state index in [1.54, 1.807) is 0 Å². The first-order valence-electron chi connectivity index (χ1n) is 14.0. The van der Waals surface area contributed by atoms with Crippen LogP contribution in [0.3, 0.4) is 0 Å². The molecule has 0 unspecified atom stereocenters. The van der Waals surface area contributed by atoms with E-state index >= 15 is 0 Å². The molecule has 0 N–H and O–H groups in total. The zero-order valence-corrected chi connectivity index (χ0v) is 22.6. The van der Waals surface area contributed by atoms with Crippen molar-refractivity contribution in [2.24, 2.45) is 0 Å². The first-order chi connectivity index (χ1) is 20.7. The van der Waals surface area contributed by atoms with Crippen molar-refractivity contribution in [2.45, 2.75) is 0 Å². The third-order valence-electron chi connectivity index (χ3n) is 8.09. The van der Waals surface area contributed by atoms with Gasteiger partial charge in [-0.2, -0.15) is 5.26 Å². The molecule has 0 fully saturated rings. The predicted molar refractivity (Wildman–Crippen MR) is 173 cm³/mol. The van der Waals surface area contributed by atoms with Crippen LogP contribution in [0.2, 0.25) is 0 Å². The van der Waals surface area contributed by atoms with Gasteiger partial charge in [-0.25, -0.2) is 4.98 Å². The topological polar surface area (TPSA) is 49.6 Å². The Kier molecular flexibility index (Phi) is 5.52. The molecule has 0 aliphatic carbocycles. The average molecular weight is 534 g/mol. The van der Waals surface area contributed by atoms with Gasteiger partial charge in [0.15, 0.2) is 0 Å². The van der Waals surface area contributed by atoms with Gasteiger partial charge in [0.2, 0.25) is 0 Å². The molecule has 0 atom stereocenters. The van der Waals surface area contributed by atoms with Gasteiger partial charge < -0.3 is 0 Å². The van der Waals surface area contributed by atoms with E-state index < -0.39 is 0 Å². The second-order valence-electron chi connectivity index (χ2n) is 10.7. The fraction of sp³-hybridized carbons (Fsp3) is 0. The van der Waals surface area contributed by atoms with Crippen LogP contribution >= 0.6 is 0 Å². The van der Waals surface area contributed by atoms with Crippen LogP contribution in [0.25, 0.3) is 76.9 Å². The first-order valence-corrected chi connectivity index (χ1v) is 14.0. The van der Waals surface area contributed by atoms with Gasteiger partial charge in [0, 0.05) is 22.5 Å². The van der Waals surface area contributed by atoms with Crippen LogP contribution in [0, 0.1) is 11.3 Å². The van der Waals surface area contributed by atoms with Crippen molar-refractivity contribution in [3.8, 4) is 39.6 Å². The predicted octanol–water partition coefficient (Wildman–Crippen LogP) is 9.96. The SMILES string of the molecule is N#Cc1ccc(-c2ccc3ccc(-c4ccc5ccc(-c6ccc7ccc8cccnc8c7n6)cc5c4)cc3c2)cc1. The van der Waals surface area contributed by atoms with E-state index in [2.05, 4.69) is 114 Å². The summed E-state index contributed by atoms with van der Waals surface area (Å²) in [5.41, 5.74) is 9.13. The summed E-state index contributed by atoms with van der Waals surface area (Å²) in [4.78, 5) is 9.68. The minimum Gasteiger partial charge on any atom is -0.254 e. The van der Waals surface area contributed by atoms with Gasteiger partial charge in [-0.1, -0.05) is 84.9 Å². The summed E-state index contributed by atoms with van der Waals surface area (Å²) >= 11 is 0. The van der Waals surface area contributed by atoms with Crippen molar-refractivity contribution in [3.63, 3.8) is 0 Å². The van der Waals surface area contributed by atoms with Gasteiger partial charge in [0.25, 0.3) is 0 Å². The lowest BCUT2D eigenvalue weighted by molar-refractivity contribution is 1.37. The molecule has 8 aromatic rings. The number of fused-ring (bicyclic) bond motifs is 5. The molecule has 2 aromatic heterocycles. The van der Waals surface area contributed by atoms with Crippen molar-refractivity contribution in [3.05, 3.63) is 145 Å². The third kappa shape index (κ3) is 4.15. The smallest absolute Gasteiger partial charge is 0.0991 e. The highest BCUT2D eigenvalue weighted by atomic mass is 14.7. The molecule has 2 heterocycles. The summed E-state index contributed by atoms with van der Waals surface area (Å²) in [5, 5.41) is 16.1. The lowest BCUT2D eigenvalue weighted by atomic mass is 9.95. The summed E-state index contributed by atoms with van der Waals surface area (Å²) in [6.07, 6.45) is 1.83. The molecule has 0 spiro atoms. The molecule has 0 aliphatic rings. The molecule has 194 valence electrons. The van der Waals surface area contributed by atoms with E-state index in [4.69, 9.17) is 10.2 Å². The molecule has 3 nitrogen and oxygen atoms in total. The first kappa shape index (κ1) is 24.0. The largest absolute Gasteiger partial charge is 0.254 e. The van der Waals surface area contributed by atoms with Gasteiger partial charge >= 0.3 is 0 Å². The molecule has 42 heavy (non-hydrogen) atoms. The number of hydrogen-bond donors (Lipinski definition) is 0. The van der Waals surface area contributed by atoms with Crippen LogP contribution in [0.4, 0.5) is 0 Å². The van der Waals surface area contributed by atoms with Crippen LogP contribution in [0.15, 0.2) is 140 Å². The minimum atomic E-state index is 0.670.